The van der Waals surface area contributed by atoms with Crippen molar-refractivity contribution in [3.8, 4) is 0 Å². The number of ether oxygens (including phenoxy) is 3. The zero-order valence-electron chi connectivity index (χ0n) is 23.4. The van der Waals surface area contributed by atoms with Crippen LogP contribution in [0.5, 0.6) is 0 Å². The van der Waals surface area contributed by atoms with Gasteiger partial charge in [0.05, 0.1) is 31.8 Å². The number of nitrogen functional groups attached to an aromatic ring is 2. The minimum absolute atomic E-state index is 0.223. The number of hydrogen-bond donors (Lipinski definition) is 2. The van der Waals surface area contributed by atoms with Crippen LogP contribution >= 0.6 is 0 Å². The molecule has 0 atom stereocenters. The molecule has 0 saturated heterocycles. The van der Waals surface area contributed by atoms with Crippen LogP contribution in [0.4, 0.5) is 11.4 Å². The number of esters is 3. The van der Waals surface area contributed by atoms with Gasteiger partial charge >= 0.3 is 17.9 Å². The summed E-state index contributed by atoms with van der Waals surface area (Å²) in [6, 6.07) is 21.8. The number of hydrogen-bond acceptors (Lipinski definition) is 8. The average molecular weight is 559 g/mol. The molecule has 216 valence electrons. The van der Waals surface area contributed by atoms with Gasteiger partial charge in [-0.3, -0.25) is 4.79 Å². The first-order chi connectivity index (χ1) is 19.8. The summed E-state index contributed by atoms with van der Waals surface area (Å²) in [4.78, 5) is 36.4. The van der Waals surface area contributed by atoms with Crippen LogP contribution in [0.15, 0.2) is 78.9 Å². The Morgan fingerprint density at radius 2 is 1.22 bits per heavy atom. The van der Waals surface area contributed by atoms with Gasteiger partial charge < -0.3 is 25.7 Å². The predicted molar refractivity (Wildman–Crippen MR) is 160 cm³/mol. The van der Waals surface area contributed by atoms with Crippen molar-refractivity contribution >= 4 is 35.4 Å². The smallest absolute Gasteiger partial charge is 0.338 e. The van der Waals surface area contributed by atoms with E-state index in [9.17, 15) is 14.4 Å². The number of unbranched alkanes of at least 4 members (excludes halogenated alkanes) is 3. The SMILES string of the molecule is COC(=O)/C=C/c1ccc(C(=O)OCCCCCCOC(=O)C(Cc2ccc(N)cc2)Cc2ccc(N)cc2)cc1. The largest absolute Gasteiger partial charge is 0.466 e. The summed E-state index contributed by atoms with van der Waals surface area (Å²) in [7, 11) is 1.31. The molecule has 3 aromatic rings. The molecule has 0 unspecified atom stereocenters. The Kier molecular flexibility index (Phi) is 12.5. The van der Waals surface area contributed by atoms with Gasteiger partial charge in [0.15, 0.2) is 0 Å². The van der Waals surface area contributed by atoms with Crippen molar-refractivity contribution in [2.75, 3.05) is 31.8 Å². The number of methoxy groups -OCH3 is 1. The van der Waals surface area contributed by atoms with Gasteiger partial charge in [0, 0.05) is 17.5 Å². The Labute approximate surface area is 241 Å². The summed E-state index contributed by atoms with van der Waals surface area (Å²) in [6.45, 7) is 0.656. The van der Waals surface area contributed by atoms with Crippen molar-refractivity contribution in [2.24, 2.45) is 5.92 Å². The average Bonchev–Trinajstić information content (AvgIpc) is 2.99. The fourth-order valence-corrected chi connectivity index (χ4v) is 4.17. The van der Waals surface area contributed by atoms with Gasteiger partial charge in [-0.1, -0.05) is 36.4 Å². The van der Waals surface area contributed by atoms with Crippen LogP contribution in [0.1, 0.15) is 52.7 Å². The molecule has 0 aliphatic heterocycles. The second kappa shape index (κ2) is 16.5. The standard InChI is InChI=1S/C33H38N2O6/c1-39-31(36)19-12-24-6-13-27(14-7-24)32(37)40-20-4-2-3-5-21-41-33(38)28(22-25-8-15-29(34)16-9-25)23-26-10-17-30(35)18-11-26/h6-19,28H,2-5,20-23,34-35H2,1H3/b19-12+. The lowest BCUT2D eigenvalue weighted by Crippen LogP contribution is -2.23. The van der Waals surface area contributed by atoms with Crippen LogP contribution in [0.2, 0.25) is 0 Å². The van der Waals surface area contributed by atoms with E-state index in [4.69, 9.17) is 20.9 Å². The molecular formula is C33H38N2O6. The molecule has 0 bridgehead atoms. The summed E-state index contributed by atoms with van der Waals surface area (Å²) in [6.07, 6.45) is 7.19. The molecule has 0 amide bonds. The summed E-state index contributed by atoms with van der Waals surface area (Å²) >= 11 is 0. The first kappa shape index (κ1) is 30.9. The van der Waals surface area contributed by atoms with Gasteiger partial charge in [-0.15, -0.1) is 0 Å². The zero-order chi connectivity index (χ0) is 29.5. The first-order valence-electron chi connectivity index (χ1n) is 13.7. The van der Waals surface area contributed by atoms with E-state index in [1.807, 2.05) is 48.5 Å². The quantitative estimate of drug-likeness (QED) is 0.0834. The van der Waals surface area contributed by atoms with Crippen LogP contribution in [-0.4, -0.2) is 38.2 Å². The Morgan fingerprint density at radius 3 is 1.73 bits per heavy atom. The van der Waals surface area contributed by atoms with Gasteiger partial charge in [0.2, 0.25) is 0 Å². The third-order valence-electron chi connectivity index (χ3n) is 6.53. The molecule has 41 heavy (non-hydrogen) atoms. The molecule has 0 radical (unpaired) electrons. The van der Waals surface area contributed by atoms with Crippen molar-refractivity contribution in [2.45, 2.75) is 38.5 Å². The fourth-order valence-electron chi connectivity index (χ4n) is 4.17. The number of benzene rings is 3. The normalized spacial score (nSPS) is 11.0. The van der Waals surface area contributed by atoms with E-state index in [2.05, 4.69) is 4.74 Å². The van der Waals surface area contributed by atoms with Crippen LogP contribution in [-0.2, 0) is 36.6 Å². The van der Waals surface area contributed by atoms with Crippen molar-refractivity contribution in [3.63, 3.8) is 0 Å². The summed E-state index contributed by atoms with van der Waals surface area (Å²) in [5.41, 5.74) is 16.2. The lowest BCUT2D eigenvalue weighted by atomic mass is 9.92. The molecule has 0 heterocycles. The highest BCUT2D eigenvalue weighted by atomic mass is 16.5. The van der Waals surface area contributed by atoms with E-state index in [1.165, 1.54) is 13.2 Å². The Hall–Kier alpha value is -4.59. The van der Waals surface area contributed by atoms with Gasteiger partial charge in [-0.25, -0.2) is 9.59 Å². The minimum atomic E-state index is -0.445. The molecule has 4 N–H and O–H groups in total. The summed E-state index contributed by atoms with van der Waals surface area (Å²) < 4.78 is 15.6. The highest BCUT2D eigenvalue weighted by Gasteiger charge is 2.21. The van der Waals surface area contributed by atoms with Gasteiger partial charge in [0.1, 0.15) is 0 Å². The molecule has 0 aromatic heterocycles. The minimum Gasteiger partial charge on any atom is -0.466 e. The Balaban J connectivity index is 1.35. The first-order valence-corrected chi connectivity index (χ1v) is 13.7. The lowest BCUT2D eigenvalue weighted by Gasteiger charge is -2.17. The van der Waals surface area contributed by atoms with Crippen LogP contribution in [0, 0.1) is 5.92 Å². The van der Waals surface area contributed by atoms with Gasteiger partial charge in [0.25, 0.3) is 0 Å². The van der Waals surface area contributed by atoms with Crippen molar-refractivity contribution < 1.29 is 28.6 Å². The molecule has 0 spiro atoms. The zero-order valence-corrected chi connectivity index (χ0v) is 23.4. The number of carbonyl (C=O) groups excluding carboxylic acids is 3. The Morgan fingerprint density at radius 1 is 0.707 bits per heavy atom. The molecule has 8 nitrogen and oxygen atoms in total. The van der Waals surface area contributed by atoms with Gasteiger partial charge in [-0.05, 0) is 97.7 Å². The third-order valence-corrected chi connectivity index (χ3v) is 6.53. The Bertz CT molecular complexity index is 1240. The van der Waals surface area contributed by atoms with E-state index < -0.39 is 11.9 Å². The highest BCUT2D eigenvalue weighted by Crippen LogP contribution is 2.19. The second-order valence-corrected chi connectivity index (χ2v) is 9.78. The van der Waals surface area contributed by atoms with Crippen molar-refractivity contribution in [3.05, 3.63) is 101 Å². The molecule has 0 aliphatic carbocycles. The molecule has 3 rings (SSSR count). The second-order valence-electron chi connectivity index (χ2n) is 9.78. The molecule has 0 aliphatic rings. The fraction of sp³-hybridized carbons (Fsp3) is 0.303. The molecule has 3 aromatic carbocycles. The van der Waals surface area contributed by atoms with E-state index in [-0.39, 0.29) is 11.9 Å². The molecule has 0 fully saturated rings. The maximum atomic E-state index is 13.0. The summed E-state index contributed by atoms with van der Waals surface area (Å²) in [5, 5.41) is 0. The van der Waals surface area contributed by atoms with E-state index in [0.717, 1.165) is 42.4 Å². The third kappa shape index (κ3) is 11.2. The van der Waals surface area contributed by atoms with E-state index >= 15 is 0 Å². The predicted octanol–water partition coefficient (Wildman–Crippen LogP) is 5.40. The summed E-state index contributed by atoms with van der Waals surface area (Å²) in [5.74, 6) is -1.38. The highest BCUT2D eigenvalue weighted by molar-refractivity contribution is 5.90. The monoisotopic (exact) mass is 558 g/mol. The number of anilines is 2. The van der Waals surface area contributed by atoms with Crippen LogP contribution in [0.25, 0.3) is 6.08 Å². The molecule has 0 saturated carbocycles. The maximum Gasteiger partial charge on any atom is 0.338 e. The maximum absolute atomic E-state index is 13.0. The molecular weight excluding hydrogens is 520 g/mol. The number of carbonyl (C=O) groups is 3. The number of rotatable bonds is 15. The van der Waals surface area contributed by atoms with Crippen molar-refractivity contribution in [1.29, 1.82) is 0 Å². The lowest BCUT2D eigenvalue weighted by molar-refractivity contribution is -0.148. The molecule has 8 heteroatoms. The van der Waals surface area contributed by atoms with Crippen LogP contribution in [0.3, 0.4) is 0 Å². The van der Waals surface area contributed by atoms with E-state index in [1.54, 1.807) is 30.3 Å². The van der Waals surface area contributed by atoms with E-state index in [0.29, 0.717) is 43.0 Å². The van der Waals surface area contributed by atoms with Crippen molar-refractivity contribution in [1.82, 2.24) is 0 Å². The van der Waals surface area contributed by atoms with Crippen LogP contribution < -0.4 is 11.5 Å². The number of nitrogens with two attached hydrogens (primary N) is 2. The topological polar surface area (TPSA) is 131 Å². The van der Waals surface area contributed by atoms with Gasteiger partial charge in [-0.2, -0.15) is 0 Å².